The molecule has 1 aliphatic rings. The zero-order valence-electron chi connectivity index (χ0n) is 21.5. The topological polar surface area (TPSA) is 51.1 Å². The van der Waals surface area contributed by atoms with Crippen molar-refractivity contribution in [2.24, 2.45) is 5.10 Å². The molecule has 5 nitrogen and oxygen atoms in total. The van der Waals surface area contributed by atoms with E-state index in [-0.39, 0.29) is 12.5 Å². The van der Waals surface area contributed by atoms with Crippen molar-refractivity contribution in [2.45, 2.75) is 13.0 Å². The Bertz CT molecular complexity index is 1560. The van der Waals surface area contributed by atoms with Crippen LogP contribution >= 0.6 is 11.6 Å². The van der Waals surface area contributed by atoms with E-state index in [1.54, 1.807) is 7.11 Å². The SMILES string of the molecule is C=CCc1cc(/C=C2\C(=O)N(c3ccccc3)N=C2c2ccccc2)cc(OC)c1OCc1ccccc1Cl. The van der Waals surface area contributed by atoms with Gasteiger partial charge in [-0.3, -0.25) is 4.79 Å². The Hall–Kier alpha value is -4.61. The molecule has 0 bridgehead atoms. The highest BCUT2D eigenvalue weighted by molar-refractivity contribution is 6.37. The number of rotatable bonds is 9. The van der Waals surface area contributed by atoms with Gasteiger partial charge in [0.15, 0.2) is 11.5 Å². The fourth-order valence-electron chi connectivity index (χ4n) is 4.42. The monoisotopic (exact) mass is 534 g/mol. The van der Waals surface area contributed by atoms with Crippen LogP contribution in [-0.2, 0) is 17.8 Å². The van der Waals surface area contributed by atoms with E-state index in [9.17, 15) is 4.79 Å². The van der Waals surface area contributed by atoms with Crippen LogP contribution in [0.3, 0.4) is 0 Å². The van der Waals surface area contributed by atoms with Crippen LogP contribution in [0.15, 0.2) is 120 Å². The number of methoxy groups -OCH3 is 1. The largest absolute Gasteiger partial charge is 0.493 e. The van der Waals surface area contributed by atoms with Crippen molar-refractivity contribution < 1.29 is 14.3 Å². The van der Waals surface area contributed by atoms with Gasteiger partial charge in [0.25, 0.3) is 5.91 Å². The average molecular weight is 535 g/mol. The van der Waals surface area contributed by atoms with Crippen molar-refractivity contribution >= 4 is 35.0 Å². The summed E-state index contributed by atoms with van der Waals surface area (Å²) in [6, 6.07) is 30.5. The molecule has 4 aromatic rings. The maximum atomic E-state index is 13.7. The Morgan fingerprint density at radius 2 is 1.62 bits per heavy atom. The molecule has 4 aromatic carbocycles. The van der Waals surface area contributed by atoms with Gasteiger partial charge >= 0.3 is 0 Å². The Morgan fingerprint density at radius 1 is 0.923 bits per heavy atom. The van der Waals surface area contributed by atoms with E-state index < -0.39 is 0 Å². The molecule has 0 N–H and O–H groups in total. The van der Waals surface area contributed by atoms with Crippen LogP contribution in [0.2, 0.25) is 5.02 Å². The second kappa shape index (κ2) is 11.8. The van der Waals surface area contributed by atoms with Gasteiger partial charge in [0.05, 0.1) is 18.4 Å². The first-order valence-electron chi connectivity index (χ1n) is 12.5. The highest BCUT2D eigenvalue weighted by Crippen LogP contribution is 2.36. The lowest BCUT2D eigenvalue weighted by Crippen LogP contribution is -2.21. The van der Waals surface area contributed by atoms with Crippen molar-refractivity contribution in [3.63, 3.8) is 0 Å². The van der Waals surface area contributed by atoms with Gasteiger partial charge in [-0.15, -0.1) is 6.58 Å². The summed E-state index contributed by atoms with van der Waals surface area (Å²) in [5.74, 6) is 0.959. The second-order valence-electron chi connectivity index (χ2n) is 8.91. The Morgan fingerprint density at radius 3 is 2.31 bits per heavy atom. The molecule has 39 heavy (non-hydrogen) atoms. The van der Waals surface area contributed by atoms with E-state index in [1.165, 1.54) is 5.01 Å². The number of carbonyl (C=O) groups excluding carboxylic acids is 1. The van der Waals surface area contributed by atoms with Crippen molar-refractivity contribution in [3.8, 4) is 11.5 Å². The number of para-hydroxylation sites is 1. The minimum absolute atomic E-state index is 0.205. The van der Waals surface area contributed by atoms with Crippen LogP contribution in [-0.4, -0.2) is 18.7 Å². The number of anilines is 1. The molecule has 0 aromatic heterocycles. The van der Waals surface area contributed by atoms with Gasteiger partial charge in [-0.2, -0.15) is 10.1 Å². The van der Waals surface area contributed by atoms with E-state index in [0.29, 0.717) is 39.9 Å². The lowest BCUT2D eigenvalue weighted by molar-refractivity contribution is -0.114. The van der Waals surface area contributed by atoms with Crippen LogP contribution in [0.4, 0.5) is 5.69 Å². The maximum absolute atomic E-state index is 13.7. The van der Waals surface area contributed by atoms with Gasteiger partial charge in [-0.05, 0) is 48.4 Å². The van der Waals surface area contributed by atoms with Gasteiger partial charge in [0, 0.05) is 21.7 Å². The van der Waals surface area contributed by atoms with E-state index >= 15 is 0 Å². The summed E-state index contributed by atoms with van der Waals surface area (Å²) < 4.78 is 12.0. The normalized spacial score (nSPS) is 13.9. The van der Waals surface area contributed by atoms with Crippen molar-refractivity contribution in [1.29, 1.82) is 0 Å². The van der Waals surface area contributed by atoms with Crippen LogP contribution < -0.4 is 14.5 Å². The molecular formula is C33H27ClN2O3. The number of hydrogen-bond acceptors (Lipinski definition) is 4. The summed E-state index contributed by atoms with van der Waals surface area (Å²) in [5, 5.41) is 6.80. The maximum Gasteiger partial charge on any atom is 0.281 e. The van der Waals surface area contributed by atoms with E-state index in [0.717, 1.165) is 22.3 Å². The molecule has 6 heteroatoms. The minimum Gasteiger partial charge on any atom is -0.493 e. The predicted octanol–water partition coefficient (Wildman–Crippen LogP) is 7.49. The summed E-state index contributed by atoms with van der Waals surface area (Å²) in [6.07, 6.45) is 4.21. The molecule has 1 aliphatic heterocycles. The van der Waals surface area contributed by atoms with Gasteiger partial charge < -0.3 is 9.47 Å². The standard InChI is InChI=1S/C33H27ClN2O3/c1-3-12-25-19-23(21-30(38-2)32(25)39-22-26-15-10-11-18-29(26)34)20-28-31(24-13-6-4-7-14-24)35-36(33(28)37)27-16-8-5-9-17-27/h3-11,13-21H,1,12,22H2,2H3/b28-20-. The van der Waals surface area contributed by atoms with Gasteiger partial charge in [0.2, 0.25) is 0 Å². The molecule has 0 saturated carbocycles. The zero-order chi connectivity index (χ0) is 27.2. The Balaban J connectivity index is 1.56. The number of ether oxygens (including phenoxy) is 2. The number of hydrazone groups is 1. The first kappa shape index (κ1) is 26.0. The highest BCUT2D eigenvalue weighted by atomic mass is 35.5. The fraction of sp³-hybridized carbons (Fsp3) is 0.0909. The molecule has 0 atom stereocenters. The van der Waals surface area contributed by atoms with E-state index in [4.69, 9.17) is 26.2 Å². The summed E-state index contributed by atoms with van der Waals surface area (Å²) in [5.41, 5.74) is 5.19. The Kier molecular flexibility index (Phi) is 7.90. The number of nitrogens with zero attached hydrogens (tertiary/aromatic N) is 2. The molecule has 0 radical (unpaired) electrons. The molecule has 5 rings (SSSR count). The Labute approximate surface area is 233 Å². The third-order valence-corrected chi connectivity index (χ3v) is 6.67. The van der Waals surface area contributed by atoms with Crippen molar-refractivity contribution in [2.75, 3.05) is 12.1 Å². The van der Waals surface area contributed by atoms with Crippen molar-refractivity contribution in [1.82, 2.24) is 0 Å². The second-order valence-corrected chi connectivity index (χ2v) is 9.32. The molecule has 0 saturated heterocycles. The van der Waals surface area contributed by atoms with Gasteiger partial charge in [-0.25, -0.2) is 0 Å². The molecule has 1 amide bonds. The summed E-state index contributed by atoms with van der Waals surface area (Å²) in [4.78, 5) is 13.7. The predicted molar refractivity (Wildman–Crippen MR) is 158 cm³/mol. The number of hydrogen-bond donors (Lipinski definition) is 0. The molecular weight excluding hydrogens is 508 g/mol. The molecule has 0 unspecified atom stereocenters. The van der Waals surface area contributed by atoms with E-state index in [2.05, 4.69) is 6.58 Å². The quantitative estimate of drug-likeness (QED) is 0.165. The minimum atomic E-state index is -0.205. The molecule has 194 valence electrons. The van der Waals surface area contributed by atoms with Gasteiger partial charge in [0.1, 0.15) is 12.3 Å². The number of amides is 1. The summed E-state index contributed by atoms with van der Waals surface area (Å²) in [6.45, 7) is 4.20. The van der Waals surface area contributed by atoms with Crippen molar-refractivity contribution in [3.05, 3.63) is 143 Å². The number of benzene rings is 4. The summed E-state index contributed by atoms with van der Waals surface area (Å²) in [7, 11) is 1.60. The first-order valence-corrected chi connectivity index (χ1v) is 12.9. The van der Waals surface area contributed by atoms with Crippen LogP contribution in [0.25, 0.3) is 6.08 Å². The number of halogens is 1. The molecule has 0 fully saturated rings. The lowest BCUT2D eigenvalue weighted by atomic mass is 9.98. The molecule has 0 spiro atoms. The molecule has 0 aliphatic carbocycles. The van der Waals surface area contributed by atoms with Crippen LogP contribution in [0, 0.1) is 0 Å². The third-order valence-electron chi connectivity index (χ3n) is 6.31. The van der Waals surface area contributed by atoms with Crippen LogP contribution in [0.1, 0.15) is 22.3 Å². The molecule has 1 heterocycles. The number of allylic oxidation sites excluding steroid dienone is 1. The smallest absolute Gasteiger partial charge is 0.281 e. The van der Waals surface area contributed by atoms with Crippen LogP contribution in [0.5, 0.6) is 11.5 Å². The highest BCUT2D eigenvalue weighted by Gasteiger charge is 2.32. The first-order chi connectivity index (χ1) is 19.1. The average Bonchev–Trinajstić information content (AvgIpc) is 3.29. The summed E-state index contributed by atoms with van der Waals surface area (Å²) >= 11 is 6.34. The van der Waals surface area contributed by atoms with E-state index in [1.807, 2.05) is 109 Å². The third kappa shape index (κ3) is 5.64. The lowest BCUT2D eigenvalue weighted by Gasteiger charge is -2.16. The zero-order valence-corrected chi connectivity index (χ0v) is 22.3. The number of carbonyl (C=O) groups is 1. The fourth-order valence-corrected chi connectivity index (χ4v) is 4.61. The van der Waals surface area contributed by atoms with Gasteiger partial charge in [-0.1, -0.05) is 84.4 Å².